The van der Waals surface area contributed by atoms with Crippen molar-refractivity contribution in [2.24, 2.45) is 17.8 Å². The molecule has 3 aliphatic rings. The molecule has 4 rings (SSSR count). The molecule has 3 atom stereocenters. The molecule has 1 aromatic rings. The highest BCUT2D eigenvalue weighted by molar-refractivity contribution is 5.98. The Morgan fingerprint density at radius 2 is 2.00 bits per heavy atom. The molecule has 0 radical (unpaired) electrons. The molecule has 0 aromatic carbocycles. The molecule has 5 heteroatoms. The summed E-state index contributed by atoms with van der Waals surface area (Å²) in [5.41, 5.74) is 1.05. The Bertz CT molecular complexity index is 570. The summed E-state index contributed by atoms with van der Waals surface area (Å²) in [4.78, 5) is 34.7. The third-order valence-corrected chi connectivity index (χ3v) is 5.05. The van der Waals surface area contributed by atoms with Crippen LogP contribution in [-0.4, -0.2) is 28.2 Å². The Balaban J connectivity index is 1.56. The van der Waals surface area contributed by atoms with Crippen molar-refractivity contribution in [2.45, 2.75) is 32.1 Å². The highest BCUT2D eigenvalue weighted by Crippen LogP contribution is 2.43. The number of carbonyl (C=O) groups excluding carboxylic acids is 2. The van der Waals surface area contributed by atoms with Gasteiger partial charge in [-0.3, -0.25) is 14.5 Å². The number of hydrogen-bond donors (Lipinski definition) is 0. The first kappa shape index (κ1) is 12.0. The molecule has 2 bridgehead atoms. The number of fused-ring (bicyclic) bond motifs is 3. The summed E-state index contributed by atoms with van der Waals surface area (Å²) in [6, 6.07) is 0. The summed E-state index contributed by atoms with van der Waals surface area (Å²) >= 11 is 0. The van der Waals surface area contributed by atoms with Crippen molar-refractivity contribution in [3.05, 3.63) is 18.1 Å². The standard InChI is InChI=1S/C15H17N3O2/c19-13-9-1-2-10(13)6-12(5-9)15(20)18-4-3-11-7-16-8-17-14(11)18/h7-10,12H,1-6H2/t9-,10+,12?. The first-order chi connectivity index (χ1) is 9.74. The van der Waals surface area contributed by atoms with Crippen LogP contribution in [0.2, 0.25) is 0 Å². The van der Waals surface area contributed by atoms with E-state index in [2.05, 4.69) is 9.97 Å². The number of carbonyl (C=O) groups is 2. The number of ketones is 1. The van der Waals surface area contributed by atoms with Crippen LogP contribution in [0.15, 0.2) is 12.5 Å². The number of rotatable bonds is 1. The van der Waals surface area contributed by atoms with E-state index in [1.54, 1.807) is 11.1 Å². The topological polar surface area (TPSA) is 63.2 Å². The Morgan fingerprint density at radius 3 is 2.75 bits per heavy atom. The highest BCUT2D eigenvalue weighted by Gasteiger charge is 2.45. The monoisotopic (exact) mass is 271 g/mol. The van der Waals surface area contributed by atoms with Crippen molar-refractivity contribution in [1.82, 2.24) is 9.97 Å². The fraction of sp³-hybridized carbons (Fsp3) is 0.600. The number of hydrogen-bond acceptors (Lipinski definition) is 4. The maximum absolute atomic E-state index is 12.7. The van der Waals surface area contributed by atoms with Gasteiger partial charge in [-0.2, -0.15) is 0 Å². The second kappa shape index (κ2) is 4.36. The number of aromatic nitrogens is 2. The molecule has 1 aliphatic heterocycles. The quantitative estimate of drug-likeness (QED) is 0.774. The van der Waals surface area contributed by atoms with E-state index in [0.29, 0.717) is 12.3 Å². The number of amides is 1. The second-order valence-electron chi connectivity index (χ2n) is 6.15. The minimum atomic E-state index is 0.00566. The van der Waals surface area contributed by atoms with Gasteiger partial charge in [0.05, 0.1) is 0 Å². The van der Waals surface area contributed by atoms with E-state index in [1.165, 1.54) is 6.33 Å². The average molecular weight is 271 g/mol. The Hall–Kier alpha value is -1.78. The smallest absolute Gasteiger partial charge is 0.231 e. The third-order valence-electron chi connectivity index (χ3n) is 5.05. The molecular formula is C15H17N3O2. The van der Waals surface area contributed by atoms with Crippen LogP contribution in [-0.2, 0) is 16.0 Å². The fourth-order valence-electron chi connectivity index (χ4n) is 4.02. The molecule has 2 saturated carbocycles. The van der Waals surface area contributed by atoms with E-state index in [1.807, 2.05) is 0 Å². The molecule has 0 spiro atoms. The summed E-state index contributed by atoms with van der Waals surface area (Å²) in [6.45, 7) is 0.701. The molecule has 2 aliphatic carbocycles. The lowest BCUT2D eigenvalue weighted by Gasteiger charge is -2.29. The largest absolute Gasteiger partial charge is 0.299 e. The number of anilines is 1. The van der Waals surface area contributed by atoms with E-state index < -0.39 is 0 Å². The third kappa shape index (κ3) is 1.69. The van der Waals surface area contributed by atoms with E-state index in [0.717, 1.165) is 43.5 Å². The van der Waals surface area contributed by atoms with Crippen LogP contribution in [0, 0.1) is 17.8 Å². The van der Waals surface area contributed by atoms with Gasteiger partial charge in [0.15, 0.2) is 0 Å². The van der Waals surface area contributed by atoms with Gasteiger partial charge in [-0.15, -0.1) is 0 Å². The SMILES string of the molecule is O=C1[C@@H]2CC[C@H]1CC(C(=O)N1CCc3cncnc31)C2. The maximum atomic E-state index is 12.7. The zero-order valence-electron chi connectivity index (χ0n) is 11.3. The van der Waals surface area contributed by atoms with Crippen LogP contribution in [0.1, 0.15) is 31.2 Å². The van der Waals surface area contributed by atoms with Crippen molar-refractivity contribution in [3.63, 3.8) is 0 Å². The zero-order chi connectivity index (χ0) is 13.7. The molecule has 20 heavy (non-hydrogen) atoms. The molecule has 1 aromatic heterocycles. The van der Waals surface area contributed by atoms with Crippen molar-refractivity contribution < 1.29 is 9.59 Å². The van der Waals surface area contributed by atoms with Gasteiger partial charge >= 0.3 is 0 Å². The normalized spacial score (nSPS) is 31.5. The molecule has 2 heterocycles. The van der Waals surface area contributed by atoms with Crippen molar-refractivity contribution in [2.75, 3.05) is 11.4 Å². The molecule has 5 nitrogen and oxygen atoms in total. The lowest BCUT2D eigenvalue weighted by Crippen LogP contribution is -2.40. The Labute approximate surface area is 117 Å². The molecule has 0 saturated heterocycles. The van der Waals surface area contributed by atoms with Gasteiger partial charge < -0.3 is 0 Å². The van der Waals surface area contributed by atoms with Crippen LogP contribution < -0.4 is 4.90 Å². The van der Waals surface area contributed by atoms with Crippen molar-refractivity contribution in [3.8, 4) is 0 Å². The maximum Gasteiger partial charge on any atom is 0.231 e. The van der Waals surface area contributed by atoms with E-state index in [4.69, 9.17) is 0 Å². The summed E-state index contributed by atoms with van der Waals surface area (Å²) in [5, 5.41) is 0. The van der Waals surface area contributed by atoms with Gasteiger partial charge in [-0.05, 0) is 32.1 Å². The Morgan fingerprint density at radius 1 is 1.25 bits per heavy atom. The van der Waals surface area contributed by atoms with Crippen LogP contribution in [0.25, 0.3) is 0 Å². The summed E-state index contributed by atoms with van der Waals surface area (Å²) in [6.07, 6.45) is 7.57. The van der Waals surface area contributed by atoms with Gasteiger partial charge in [0, 0.05) is 36.1 Å². The predicted molar refractivity (Wildman–Crippen MR) is 72.0 cm³/mol. The van der Waals surface area contributed by atoms with Gasteiger partial charge in [0.2, 0.25) is 5.91 Å². The van der Waals surface area contributed by atoms with Crippen LogP contribution >= 0.6 is 0 Å². The first-order valence-corrected chi connectivity index (χ1v) is 7.38. The lowest BCUT2D eigenvalue weighted by atomic mass is 9.79. The molecule has 1 amide bonds. The predicted octanol–water partition coefficient (Wildman–Crippen LogP) is 1.37. The minimum Gasteiger partial charge on any atom is -0.299 e. The van der Waals surface area contributed by atoms with Gasteiger partial charge in [0.25, 0.3) is 0 Å². The summed E-state index contributed by atoms with van der Waals surface area (Å²) in [5.74, 6) is 1.61. The van der Waals surface area contributed by atoms with Gasteiger partial charge in [-0.25, -0.2) is 9.97 Å². The lowest BCUT2D eigenvalue weighted by molar-refractivity contribution is -0.131. The first-order valence-electron chi connectivity index (χ1n) is 7.38. The molecule has 0 N–H and O–H groups in total. The van der Waals surface area contributed by atoms with Crippen LogP contribution in [0.4, 0.5) is 5.82 Å². The summed E-state index contributed by atoms with van der Waals surface area (Å²) in [7, 11) is 0. The molecule has 1 unspecified atom stereocenters. The molecule has 104 valence electrons. The summed E-state index contributed by atoms with van der Waals surface area (Å²) < 4.78 is 0. The van der Waals surface area contributed by atoms with Crippen molar-refractivity contribution >= 4 is 17.5 Å². The average Bonchev–Trinajstić information content (AvgIpc) is 2.95. The number of nitrogens with zero attached hydrogens (tertiary/aromatic N) is 3. The molecular weight excluding hydrogens is 254 g/mol. The van der Waals surface area contributed by atoms with Crippen molar-refractivity contribution in [1.29, 1.82) is 0 Å². The van der Waals surface area contributed by atoms with E-state index >= 15 is 0 Å². The zero-order valence-corrected chi connectivity index (χ0v) is 11.3. The van der Waals surface area contributed by atoms with Gasteiger partial charge in [-0.1, -0.05) is 0 Å². The fourth-order valence-corrected chi connectivity index (χ4v) is 4.02. The van der Waals surface area contributed by atoms with E-state index in [-0.39, 0.29) is 23.7 Å². The van der Waals surface area contributed by atoms with E-state index in [9.17, 15) is 9.59 Å². The second-order valence-corrected chi connectivity index (χ2v) is 6.15. The Kier molecular flexibility index (Phi) is 2.62. The highest BCUT2D eigenvalue weighted by atomic mass is 16.2. The minimum absolute atomic E-state index is 0.00566. The number of Topliss-reactive ketones (excluding diaryl/α,β-unsaturated/α-hetero) is 1. The van der Waals surface area contributed by atoms with Crippen LogP contribution in [0.3, 0.4) is 0 Å². The van der Waals surface area contributed by atoms with Gasteiger partial charge in [0.1, 0.15) is 17.9 Å². The van der Waals surface area contributed by atoms with Crippen LogP contribution in [0.5, 0.6) is 0 Å². The molecule has 2 fully saturated rings.